The highest BCUT2D eigenvalue weighted by atomic mass is 79.9. The number of nitriles is 1. The lowest BCUT2D eigenvalue weighted by molar-refractivity contribution is 0.473. The molecule has 0 atom stereocenters. The van der Waals surface area contributed by atoms with Crippen LogP contribution in [0, 0.1) is 31.0 Å². The molecule has 1 aromatic heterocycles. The number of aryl methyl sites for hydroxylation is 1. The van der Waals surface area contributed by atoms with Crippen molar-refractivity contribution in [2.75, 3.05) is 0 Å². The number of nitrogens with zero attached hydrogens (tertiary/aromatic N) is 2. The summed E-state index contributed by atoms with van der Waals surface area (Å²) in [6, 6.07) is 10.3. The Kier molecular flexibility index (Phi) is 3.42. The Morgan fingerprint density at radius 3 is 2.59 bits per heavy atom. The van der Waals surface area contributed by atoms with Crippen LogP contribution in [0.4, 0.5) is 4.39 Å². The molecule has 22 heavy (non-hydrogen) atoms. The molecule has 0 aliphatic rings. The van der Waals surface area contributed by atoms with Gasteiger partial charge in [-0.05, 0) is 65.7 Å². The largest absolute Gasteiger partial charge is 0.507 e. The minimum absolute atomic E-state index is 0.0800. The van der Waals surface area contributed by atoms with Crippen molar-refractivity contribution < 1.29 is 9.50 Å². The number of rotatable bonds is 1. The van der Waals surface area contributed by atoms with Gasteiger partial charge in [0.15, 0.2) is 0 Å². The number of hydrogen-bond donors (Lipinski definition) is 1. The van der Waals surface area contributed by atoms with Crippen molar-refractivity contribution in [3.63, 3.8) is 0 Å². The topological polar surface area (TPSA) is 49.0 Å². The zero-order chi connectivity index (χ0) is 16.0. The summed E-state index contributed by atoms with van der Waals surface area (Å²) >= 11 is 3.30. The molecular weight excluding hydrogens is 347 g/mol. The van der Waals surface area contributed by atoms with E-state index in [1.807, 2.05) is 11.5 Å². The van der Waals surface area contributed by atoms with E-state index in [1.54, 1.807) is 31.2 Å². The zero-order valence-corrected chi connectivity index (χ0v) is 13.6. The third-order valence-electron chi connectivity index (χ3n) is 3.78. The molecule has 3 rings (SSSR count). The van der Waals surface area contributed by atoms with Crippen molar-refractivity contribution >= 4 is 26.8 Å². The third kappa shape index (κ3) is 2.08. The first-order valence-electron chi connectivity index (χ1n) is 6.64. The van der Waals surface area contributed by atoms with Gasteiger partial charge in [0, 0.05) is 16.8 Å². The average molecular weight is 359 g/mol. The molecule has 0 radical (unpaired) electrons. The summed E-state index contributed by atoms with van der Waals surface area (Å²) in [5.74, 6) is -0.186. The molecule has 0 fully saturated rings. The van der Waals surface area contributed by atoms with Crippen molar-refractivity contribution in [3.05, 3.63) is 57.4 Å². The molecule has 1 N–H and O–H groups in total. The van der Waals surface area contributed by atoms with Gasteiger partial charge in [-0.25, -0.2) is 4.39 Å². The van der Waals surface area contributed by atoms with E-state index in [1.165, 1.54) is 6.07 Å². The van der Waals surface area contributed by atoms with Crippen LogP contribution in [-0.4, -0.2) is 9.67 Å². The number of fused-ring (bicyclic) bond motifs is 1. The fourth-order valence-corrected chi connectivity index (χ4v) is 3.00. The Morgan fingerprint density at radius 2 is 1.95 bits per heavy atom. The number of benzene rings is 2. The molecule has 0 amide bonds. The second-order valence-corrected chi connectivity index (χ2v) is 6.02. The van der Waals surface area contributed by atoms with Gasteiger partial charge in [0.1, 0.15) is 17.6 Å². The molecule has 0 saturated heterocycles. The van der Waals surface area contributed by atoms with Gasteiger partial charge in [0.2, 0.25) is 0 Å². The first-order chi connectivity index (χ1) is 10.4. The molecule has 2 aromatic carbocycles. The summed E-state index contributed by atoms with van der Waals surface area (Å²) in [5, 5.41) is 20.0. The van der Waals surface area contributed by atoms with Gasteiger partial charge >= 0.3 is 0 Å². The van der Waals surface area contributed by atoms with Crippen LogP contribution in [0.25, 0.3) is 16.6 Å². The van der Waals surface area contributed by atoms with Gasteiger partial charge in [0.05, 0.1) is 15.6 Å². The highest BCUT2D eigenvalue weighted by Crippen LogP contribution is 2.35. The molecule has 0 spiro atoms. The average Bonchev–Trinajstić information content (AvgIpc) is 2.74. The van der Waals surface area contributed by atoms with Crippen LogP contribution in [0.15, 0.2) is 34.8 Å². The summed E-state index contributed by atoms with van der Waals surface area (Å²) in [6.45, 7) is 3.54. The monoisotopic (exact) mass is 358 g/mol. The molecule has 0 saturated carbocycles. The Bertz CT molecular complexity index is 954. The number of phenolic OH excluding ortho intramolecular Hbond substituents is 1. The molecule has 0 unspecified atom stereocenters. The third-order valence-corrected chi connectivity index (χ3v) is 4.42. The van der Waals surface area contributed by atoms with Gasteiger partial charge in [-0.2, -0.15) is 5.26 Å². The maximum Gasteiger partial charge on any atom is 0.130 e. The van der Waals surface area contributed by atoms with Crippen LogP contribution in [0.1, 0.15) is 16.8 Å². The van der Waals surface area contributed by atoms with E-state index in [4.69, 9.17) is 0 Å². The van der Waals surface area contributed by atoms with Crippen LogP contribution in [-0.2, 0) is 0 Å². The Hall–Kier alpha value is -2.32. The minimum Gasteiger partial charge on any atom is -0.507 e. The highest BCUT2D eigenvalue weighted by molar-refractivity contribution is 9.10. The number of phenols is 1. The first kappa shape index (κ1) is 14.6. The van der Waals surface area contributed by atoms with Gasteiger partial charge in [-0.15, -0.1) is 0 Å². The maximum absolute atomic E-state index is 13.5. The van der Waals surface area contributed by atoms with Crippen LogP contribution < -0.4 is 0 Å². The first-order valence-corrected chi connectivity index (χ1v) is 7.43. The molecule has 0 aliphatic heterocycles. The molecule has 110 valence electrons. The Morgan fingerprint density at radius 1 is 1.23 bits per heavy atom. The van der Waals surface area contributed by atoms with Crippen molar-refractivity contribution in [1.29, 1.82) is 5.26 Å². The van der Waals surface area contributed by atoms with Crippen molar-refractivity contribution in [2.24, 2.45) is 0 Å². The van der Waals surface area contributed by atoms with Gasteiger partial charge in [-0.1, -0.05) is 0 Å². The van der Waals surface area contributed by atoms with Crippen LogP contribution in [0.3, 0.4) is 0 Å². The summed E-state index contributed by atoms with van der Waals surface area (Å²) < 4.78 is 16.0. The number of halogens is 2. The zero-order valence-electron chi connectivity index (χ0n) is 12.0. The number of aromatic hydroxyl groups is 1. The molecule has 0 bridgehead atoms. The molecule has 5 heteroatoms. The normalized spacial score (nSPS) is 10.9. The van der Waals surface area contributed by atoms with Crippen molar-refractivity contribution in [3.8, 4) is 17.5 Å². The van der Waals surface area contributed by atoms with E-state index in [0.29, 0.717) is 21.0 Å². The van der Waals surface area contributed by atoms with Crippen LogP contribution >= 0.6 is 15.9 Å². The predicted molar refractivity (Wildman–Crippen MR) is 86.8 cm³/mol. The number of hydrogen-bond acceptors (Lipinski definition) is 2. The van der Waals surface area contributed by atoms with Crippen LogP contribution in [0.5, 0.6) is 5.75 Å². The lowest BCUT2D eigenvalue weighted by Gasteiger charge is -2.10. The Balaban J connectivity index is 2.43. The lowest BCUT2D eigenvalue weighted by atomic mass is 10.1. The fraction of sp³-hybridized carbons (Fsp3) is 0.118. The second kappa shape index (κ2) is 5.15. The molecule has 0 aliphatic carbocycles. The molecule has 3 nitrogen and oxygen atoms in total. The smallest absolute Gasteiger partial charge is 0.130 e. The van der Waals surface area contributed by atoms with E-state index >= 15 is 0 Å². The van der Waals surface area contributed by atoms with E-state index in [2.05, 4.69) is 22.0 Å². The quantitative estimate of drug-likeness (QED) is 0.683. The summed E-state index contributed by atoms with van der Waals surface area (Å²) in [7, 11) is 0. The van der Waals surface area contributed by atoms with E-state index in [-0.39, 0.29) is 11.6 Å². The molecule has 3 aromatic rings. The van der Waals surface area contributed by atoms with Crippen molar-refractivity contribution in [1.82, 2.24) is 4.57 Å². The van der Waals surface area contributed by atoms with Crippen molar-refractivity contribution in [2.45, 2.75) is 13.8 Å². The summed E-state index contributed by atoms with van der Waals surface area (Å²) in [5.41, 5.74) is 3.35. The van der Waals surface area contributed by atoms with Gasteiger partial charge in [0.25, 0.3) is 0 Å². The number of aromatic nitrogens is 1. The fourth-order valence-electron chi connectivity index (χ4n) is 2.67. The lowest BCUT2D eigenvalue weighted by Crippen LogP contribution is -1.98. The van der Waals surface area contributed by atoms with Gasteiger partial charge < -0.3 is 9.67 Å². The molecular formula is C17H12BrFN2O. The summed E-state index contributed by atoms with van der Waals surface area (Å²) in [6.07, 6.45) is 0. The van der Waals surface area contributed by atoms with Gasteiger partial charge in [-0.3, -0.25) is 0 Å². The Labute approximate surface area is 135 Å². The van der Waals surface area contributed by atoms with E-state index < -0.39 is 0 Å². The van der Waals surface area contributed by atoms with E-state index in [0.717, 1.165) is 16.9 Å². The highest BCUT2D eigenvalue weighted by Gasteiger charge is 2.17. The predicted octanol–water partition coefficient (Wildman–Crippen LogP) is 4.73. The van der Waals surface area contributed by atoms with E-state index in [9.17, 15) is 14.8 Å². The summed E-state index contributed by atoms with van der Waals surface area (Å²) in [4.78, 5) is 0. The molecule has 1 heterocycles. The standard InChI is InChI=1S/C17H12BrFN2O/c1-9-5-11(3-4-15(9)19)21-10(2)13(8-20)12-6-17(22)14(18)7-16(12)21/h3-7,22H,1-2H3. The maximum atomic E-state index is 13.5. The van der Waals surface area contributed by atoms with Crippen LogP contribution in [0.2, 0.25) is 0 Å². The second-order valence-electron chi connectivity index (χ2n) is 5.16. The SMILES string of the molecule is Cc1cc(-n2c(C)c(C#N)c3cc(O)c(Br)cc32)ccc1F. The minimum atomic E-state index is -0.266.